The Morgan fingerprint density at radius 1 is 0.742 bits per heavy atom. The minimum absolute atomic E-state index is 0.0681. The lowest BCUT2D eigenvalue weighted by Crippen LogP contribution is -2.53. The van der Waals surface area contributed by atoms with E-state index in [9.17, 15) is 10.2 Å². The molecule has 0 fully saturated rings. The Labute approximate surface area is 181 Å². The summed E-state index contributed by atoms with van der Waals surface area (Å²) in [6.45, 7) is 3.31. The molecule has 0 spiro atoms. The van der Waals surface area contributed by atoms with E-state index in [4.69, 9.17) is 28.4 Å². The highest BCUT2D eigenvalue weighted by Gasteiger charge is 2.46. The van der Waals surface area contributed by atoms with E-state index >= 15 is 0 Å². The molecule has 0 bridgehead atoms. The van der Waals surface area contributed by atoms with Gasteiger partial charge in [0.15, 0.2) is 23.0 Å². The zero-order valence-electron chi connectivity index (χ0n) is 18.6. The van der Waals surface area contributed by atoms with Crippen LogP contribution < -0.4 is 28.4 Å². The molecule has 0 aromatic heterocycles. The van der Waals surface area contributed by atoms with Gasteiger partial charge in [0.25, 0.3) is 0 Å². The smallest absolute Gasteiger partial charge is 0.231 e. The van der Waals surface area contributed by atoms with Crippen molar-refractivity contribution in [3.05, 3.63) is 23.3 Å². The molecule has 168 valence electrons. The lowest BCUT2D eigenvalue weighted by atomic mass is 9.72. The first-order chi connectivity index (χ1) is 14.7. The number of aliphatic hydroxyl groups is 2. The number of ether oxygens (including phenoxy) is 6. The van der Waals surface area contributed by atoms with Crippen molar-refractivity contribution in [2.45, 2.75) is 37.9 Å². The maximum atomic E-state index is 11.3. The molecule has 1 aliphatic heterocycles. The van der Waals surface area contributed by atoms with E-state index in [0.717, 1.165) is 5.56 Å². The molecule has 0 radical (unpaired) electrons. The van der Waals surface area contributed by atoms with Crippen molar-refractivity contribution < 1.29 is 38.6 Å². The summed E-state index contributed by atoms with van der Waals surface area (Å²) in [6.07, 6.45) is 0.294. The van der Waals surface area contributed by atoms with Gasteiger partial charge in [-0.05, 0) is 37.1 Å². The van der Waals surface area contributed by atoms with E-state index in [1.54, 1.807) is 34.1 Å². The van der Waals surface area contributed by atoms with Gasteiger partial charge in [0.2, 0.25) is 18.3 Å². The van der Waals surface area contributed by atoms with E-state index < -0.39 is 11.2 Å². The summed E-state index contributed by atoms with van der Waals surface area (Å²) < 4.78 is 34.0. The van der Waals surface area contributed by atoms with Crippen LogP contribution in [0.1, 0.15) is 25.0 Å². The monoisotopic (exact) mass is 432 g/mol. The summed E-state index contributed by atoms with van der Waals surface area (Å²) in [4.78, 5) is 0. The first-order valence-electron chi connectivity index (χ1n) is 9.95. The highest BCUT2D eigenvalue weighted by molar-refractivity contribution is 5.88. The van der Waals surface area contributed by atoms with E-state index in [0.29, 0.717) is 51.2 Å². The maximum absolute atomic E-state index is 11.3. The highest BCUT2D eigenvalue weighted by atomic mass is 16.7. The van der Waals surface area contributed by atoms with Gasteiger partial charge in [-0.25, -0.2) is 0 Å². The molecule has 8 nitrogen and oxygen atoms in total. The average Bonchev–Trinajstić information content (AvgIpc) is 3.18. The molecule has 1 heterocycles. The summed E-state index contributed by atoms with van der Waals surface area (Å²) in [5.74, 6) is 2.78. The Kier molecular flexibility index (Phi) is 5.10. The first-order valence-corrected chi connectivity index (χ1v) is 9.95. The number of hydrogen-bond donors (Lipinski definition) is 2. The van der Waals surface area contributed by atoms with Gasteiger partial charge in [-0.15, -0.1) is 0 Å². The number of fused-ring (bicyclic) bond motifs is 4. The molecule has 2 aliphatic rings. The maximum Gasteiger partial charge on any atom is 0.231 e. The lowest BCUT2D eigenvalue weighted by Gasteiger charge is -2.41. The van der Waals surface area contributed by atoms with Crippen LogP contribution >= 0.6 is 0 Å². The Bertz CT molecular complexity index is 1030. The highest BCUT2D eigenvalue weighted by Crippen LogP contribution is 2.57. The molecule has 1 aliphatic carbocycles. The topological polar surface area (TPSA) is 95.8 Å². The van der Waals surface area contributed by atoms with E-state index in [1.807, 2.05) is 6.07 Å². The fraction of sp³-hybridized carbons (Fsp3) is 0.478. The fourth-order valence-electron chi connectivity index (χ4n) is 4.41. The second kappa shape index (κ2) is 7.39. The Balaban J connectivity index is 2.17. The third kappa shape index (κ3) is 3.13. The van der Waals surface area contributed by atoms with Crippen molar-refractivity contribution in [2.24, 2.45) is 0 Å². The number of benzene rings is 2. The van der Waals surface area contributed by atoms with Gasteiger partial charge in [0.1, 0.15) is 0 Å². The minimum atomic E-state index is -1.45. The van der Waals surface area contributed by atoms with Gasteiger partial charge in [-0.2, -0.15) is 0 Å². The summed E-state index contributed by atoms with van der Waals surface area (Å²) in [5, 5.41) is 22.6. The van der Waals surface area contributed by atoms with E-state index in [2.05, 4.69) is 0 Å². The molecule has 2 aromatic carbocycles. The zero-order valence-corrected chi connectivity index (χ0v) is 18.6. The van der Waals surface area contributed by atoms with Crippen molar-refractivity contribution in [3.8, 4) is 45.6 Å². The van der Waals surface area contributed by atoms with Crippen LogP contribution in [0, 0.1) is 0 Å². The van der Waals surface area contributed by atoms with Crippen LogP contribution in [0.15, 0.2) is 12.1 Å². The third-order valence-corrected chi connectivity index (χ3v) is 6.30. The van der Waals surface area contributed by atoms with Crippen LogP contribution in [0.25, 0.3) is 11.1 Å². The molecule has 2 atom stereocenters. The second-order valence-corrected chi connectivity index (χ2v) is 8.26. The minimum Gasteiger partial charge on any atom is -0.493 e. The van der Waals surface area contributed by atoms with Gasteiger partial charge < -0.3 is 38.6 Å². The third-order valence-electron chi connectivity index (χ3n) is 6.30. The molecule has 31 heavy (non-hydrogen) atoms. The van der Waals surface area contributed by atoms with E-state index in [-0.39, 0.29) is 19.6 Å². The van der Waals surface area contributed by atoms with Crippen LogP contribution in [-0.4, -0.2) is 56.6 Å². The van der Waals surface area contributed by atoms with Gasteiger partial charge in [0, 0.05) is 24.0 Å². The summed E-state index contributed by atoms with van der Waals surface area (Å²) in [6, 6.07) is 3.61. The van der Waals surface area contributed by atoms with Crippen molar-refractivity contribution in [1.82, 2.24) is 0 Å². The van der Waals surface area contributed by atoms with Crippen LogP contribution in [0.5, 0.6) is 34.5 Å². The van der Waals surface area contributed by atoms with Crippen molar-refractivity contribution >= 4 is 0 Å². The molecular formula is C23H28O8. The van der Waals surface area contributed by atoms with Gasteiger partial charge >= 0.3 is 0 Å². The lowest BCUT2D eigenvalue weighted by molar-refractivity contribution is -0.129. The summed E-state index contributed by atoms with van der Waals surface area (Å²) >= 11 is 0. The largest absolute Gasteiger partial charge is 0.493 e. The normalized spacial score (nSPS) is 23.9. The molecule has 0 amide bonds. The molecule has 2 aromatic rings. The molecule has 2 N–H and O–H groups in total. The van der Waals surface area contributed by atoms with Crippen LogP contribution in [0.2, 0.25) is 0 Å². The fourth-order valence-corrected chi connectivity index (χ4v) is 4.41. The van der Waals surface area contributed by atoms with Crippen LogP contribution in [-0.2, 0) is 12.8 Å². The first kappa shape index (κ1) is 21.4. The predicted octanol–water partition coefficient (Wildman–Crippen LogP) is 2.72. The van der Waals surface area contributed by atoms with Crippen molar-refractivity contribution in [3.63, 3.8) is 0 Å². The van der Waals surface area contributed by atoms with Gasteiger partial charge in [0.05, 0.1) is 39.6 Å². The molecule has 0 saturated heterocycles. The number of rotatable bonds is 4. The summed E-state index contributed by atoms with van der Waals surface area (Å²) in [7, 11) is 6.17. The standard InChI is InChI=1S/C23H28O8/c1-22(24)9-12-7-14(26-3)18(27-4)20(28-5)16(12)17-13(10-23(22,2)25)8-15-19(21(17)29-6)31-11-30-15/h7-8,24-25H,9-11H2,1-6H3/t22-,23+/m1/s1. The van der Waals surface area contributed by atoms with E-state index in [1.165, 1.54) is 14.2 Å². The Hall–Kier alpha value is -2.84. The number of methoxy groups -OCH3 is 4. The zero-order chi connectivity index (χ0) is 22.6. The van der Waals surface area contributed by atoms with Crippen molar-refractivity contribution in [1.29, 1.82) is 0 Å². The Morgan fingerprint density at radius 2 is 1.29 bits per heavy atom. The quantitative estimate of drug-likeness (QED) is 0.762. The van der Waals surface area contributed by atoms with Gasteiger partial charge in [-0.3, -0.25) is 0 Å². The SMILES string of the molecule is COc1cc2c(c(OC)c1OC)-c1c(cc3c(c1OC)OCO3)C[C@](C)(O)[C@](C)(O)C2. The van der Waals surface area contributed by atoms with Gasteiger partial charge in [-0.1, -0.05) is 0 Å². The molecule has 0 unspecified atom stereocenters. The van der Waals surface area contributed by atoms with Crippen LogP contribution in [0.4, 0.5) is 0 Å². The molecule has 4 rings (SSSR count). The van der Waals surface area contributed by atoms with Crippen molar-refractivity contribution in [2.75, 3.05) is 35.2 Å². The molecule has 0 saturated carbocycles. The second-order valence-electron chi connectivity index (χ2n) is 8.26. The predicted molar refractivity (Wildman–Crippen MR) is 113 cm³/mol. The average molecular weight is 432 g/mol. The molecule has 8 heteroatoms. The molecular weight excluding hydrogens is 404 g/mol. The van der Waals surface area contributed by atoms with Crippen LogP contribution in [0.3, 0.4) is 0 Å². The Morgan fingerprint density at radius 3 is 1.84 bits per heavy atom. The number of hydrogen-bond acceptors (Lipinski definition) is 8. The summed E-state index contributed by atoms with van der Waals surface area (Å²) in [5.41, 5.74) is -0.0983.